The first-order valence-electron chi connectivity index (χ1n) is 6.15. The van der Waals surface area contributed by atoms with Gasteiger partial charge in [0, 0.05) is 30.8 Å². The summed E-state index contributed by atoms with van der Waals surface area (Å²) in [4.78, 5) is 24.9. The number of carbonyl (C=O) groups excluding carboxylic acids is 2. The minimum absolute atomic E-state index is 0.0614. The molecule has 0 spiro atoms. The number of piperidine rings is 1. The highest BCUT2D eigenvalue weighted by atomic mass is 32.2. The van der Waals surface area contributed by atoms with Gasteiger partial charge in [-0.25, -0.2) is 4.79 Å². The van der Waals surface area contributed by atoms with E-state index in [1.165, 1.54) is 7.11 Å². The molecule has 0 aromatic rings. The van der Waals surface area contributed by atoms with E-state index in [0.717, 1.165) is 24.5 Å². The topological polar surface area (TPSA) is 70.7 Å². The number of nitrogens with one attached hydrogen (secondary N) is 2. The van der Waals surface area contributed by atoms with Crippen molar-refractivity contribution < 1.29 is 14.3 Å². The van der Waals surface area contributed by atoms with E-state index >= 15 is 0 Å². The maximum absolute atomic E-state index is 11.9. The van der Waals surface area contributed by atoms with Crippen LogP contribution >= 0.6 is 11.8 Å². The van der Waals surface area contributed by atoms with E-state index in [9.17, 15) is 9.59 Å². The summed E-state index contributed by atoms with van der Waals surface area (Å²) in [5, 5.41) is 6.19. The van der Waals surface area contributed by atoms with Gasteiger partial charge in [-0.05, 0) is 12.8 Å². The Hall–Kier alpha value is -0.950. The molecular formula is C11H19N3O3S. The lowest BCUT2D eigenvalue weighted by molar-refractivity contribution is -0.123. The van der Waals surface area contributed by atoms with Crippen LogP contribution in [0.2, 0.25) is 0 Å². The summed E-state index contributed by atoms with van der Waals surface area (Å²) in [7, 11) is 1.39. The molecule has 18 heavy (non-hydrogen) atoms. The minimum atomic E-state index is -0.284. The van der Waals surface area contributed by atoms with E-state index in [1.807, 2.05) is 0 Å². The highest BCUT2D eigenvalue weighted by molar-refractivity contribution is 7.99. The second-order valence-electron chi connectivity index (χ2n) is 4.51. The number of thioether (sulfide) groups is 1. The third-order valence-corrected chi connectivity index (χ3v) is 4.25. The fraction of sp³-hybridized carbons (Fsp3) is 0.818. The molecule has 1 unspecified atom stereocenters. The molecule has 2 aliphatic heterocycles. The Balaban J connectivity index is 1.73. The molecule has 2 aliphatic rings. The fourth-order valence-electron chi connectivity index (χ4n) is 2.20. The second kappa shape index (κ2) is 6.29. The summed E-state index contributed by atoms with van der Waals surface area (Å²) in [6.45, 7) is 1.29. The van der Waals surface area contributed by atoms with Crippen molar-refractivity contribution in [2.75, 3.05) is 31.8 Å². The summed E-state index contributed by atoms with van der Waals surface area (Å²) in [6, 6.07) is 0.111. The molecule has 2 N–H and O–H groups in total. The number of rotatable bonds is 2. The highest BCUT2D eigenvalue weighted by Gasteiger charge is 2.28. The van der Waals surface area contributed by atoms with E-state index in [0.29, 0.717) is 13.1 Å². The van der Waals surface area contributed by atoms with Gasteiger partial charge in [-0.15, -0.1) is 11.8 Å². The van der Waals surface area contributed by atoms with Crippen molar-refractivity contribution >= 4 is 23.8 Å². The molecule has 0 saturated carbocycles. The average molecular weight is 273 g/mol. The first-order chi connectivity index (χ1) is 8.70. The molecule has 2 saturated heterocycles. The Kier molecular flexibility index (Phi) is 4.71. The van der Waals surface area contributed by atoms with Gasteiger partial charge in [0.05, 0.1) is 13.2 Å². The number of carbonyl (C=O) groups is 2. The van der Waals surface area contributed by atoms with Crippen molar-refractivity contribution in [1.82, 2.24) is 15.5 Å². The monoisotopic (exact) mass is 273 g/mol. The quantitative estimate of drug-likeness (QED) is 0.741. The van der Waals surface area contributed by atoms with Crippen LogP contribution < -0.4 is 10.6 Å². The number of hydrogen-bond donors (Lipinski definition) is 2. The molecule has 2 amide bonds. The van der Waals surface area contributed by atoms with Gasteiger partial charge in [-0.3, -0.25) is 10.1 Å². The molecule has 1 atom stereocenters. The molecule has 2 fully saturated rings. The lowest BCUT2D eigenvalue weighted by Gasteiger charge is -2.31. The van der Waals surface area contributed by atoms with E-state index in [4.69, 9.17) is 0 Å². The van der Waals surface area contributed by atoms with Crippen molar-refractivity contribution in [2.24, 2.45) is 0 Å². The Bertz CT molecular complexity index is 313. The van der Waals surface area contributed by atoms with Crippen molar-refractivity contribution in [2.45, 2.75) is 24.9 Å². The standard InChI is InChI=1S/C11H19N3O3S/c1-17-11(16)14-4-2-8(3-5-14)13-10(15)9-6-18-7-12-9/h8-9,12H,2-7H2,1H3,(H,13,15). The lowest BCUT2D eigenvalue weighted by Crippen LogP contribution is -2.51. The highest BCUT2D eigenvalue weighted by Crippen LogP contribution is 2.13. The maximum Gasteiger partial charge on any atom is 0.409 e. The maximum atomic E-state index is 11.9. The molecule has 0 bridgehead atoms. The van der Waals surface area contributed by atoms with E-state index in [2.05, 4.69) is 15.4 Å². The molecule has 0 aromatic carbocycles. The molecule has 2 rings (SSSR count). The molecule has 0 radical (unpaired) electrons. The number of amides is 2. The van der Waals surface area contributed by atoms with Crippen molar-refractivity contribution in [3.8, 4) is 0 Å². The average Bonchev–Trinajstić information content (AvgIpc) is 2.92. The number of nitrogens with zero attached hydrogens (tertiary/aromatic N) is 1. The lowest BCUT2D eigenvalue weighted by atomic mass is 10.1. The van der Waals surface area contributed by atoms with Crippen LogP contribution in [0.25, 0.3) is 0 Å². The zero-order valence-electron chi connectivity index (χ0n) is 10.5. The minimum Gasteiger partial charge on any atom is -0.453 e. The van der Waals surface area contributed by atoms with Crippen molar-refractivity contribution in [3.05, 3.63) is 0 Å². The van der Waals surface area contributed by atoms with Crippen LogP contribution in [0.4, 0.5) is 4.79 Å². The smallest absolute Gasteiger partial charge is 0.409 e. The summed E-state index contributed by atoms with van der Waals surface area (Å²) in [5.41, 5.74) is 0. The van der Waals surface area contributed by atoms with Gasteiger partial charge in [0.1, 0.15) is 0 Å². The predicted octanol–water partition coefficient (Wildman–Crippen LogP) is -0.00410. The van der Waals surface area contributed by atoms with Crippen LogP contribution in [0.1, 0.15) is 12.8 Å². The van der Waals surface area contributed by atoms with Gasteiger partial charge >= 0.3 is 6.09 Å². The summed E-state index contributed by atoms with van der Waals surface area (Å²) >= 11 is 1.74. The van der Waals surface area contributed by atoms with Crippen LogP contribution in [-0.4, -0.2) is 60.8 Å². The molecule has 0 aliphatic carbocycles. The summed E-state index contributed by atoms with van der Waals surface area (Å²) in [5.74, 6) is 1.77. The Morgan fingerprint density at radius 1 is 1.39 bits per heavy atom. The third kappa shape index (κ3) is 3.29. The Morgan fingerprint density at radius 3 is 2.67 bits per heavy atom. The van der Waals surface area contributed by atoms with E-state index in [1.54, 1.807) is 16.7 Å². The van der Waals surface area contributed by atoms with Gasteiger partial charge < -0.3 is 15.0 Å². The normalized spacial score (nSPS) is 24.9. The van der Waals surface area contributed by atoms with Gasteiger partial charge in [0.2, 0.25) is 5.91 Å². The fourth-order valence-corrected chi connectivity index (χ4v) is 3.14. The Labute approximate surface area is 111 Å². The zero-order valence-corrected chi connectivity index (χ0v) is 11.3. The van der Waals surface area contributed by atoms with E-state index in [-0.39, 0.29) is 24.1 Å². The number of hydrogen-bond acceptors (Lipinski definition) is 5. The first kappa shape index (κ1) is 13.5. The number of methoxy groups -OCH3 is 1. The van der Waals surface area contributed by atoms with Crippen molar-refractivity contribution in [3.63, 3.8) is 0 Å². The molecular weight excluding hydrogens is 254 g/mol. The van der Waals surface area contributed by atoms with Gasteiger partial charge in [-0.1, -0.05) is 0 Å². The predicted molar refractivity (Wildman–Crippen MR) is 69.4 cm³/mol. The van der Waals surface area contributed by atoms with Crippen LogP contribution in [-0.2, 0) is 9.53 Å². The largest absolute Gasteiger partial charge is 0.453 e. The third-order valence-electron chi connectivity index (χ3n) is 3.31. The van der Waals surface area contributed by atoms with Gasteiger partial charge in [-0.2, -0.15) is 0 Å². The molecule has 0 aromatic heterocycles. The van der Waals surface area contributed by atoms with E-state index < -0.39 is 0 Å². The molecule has 102 valence electrons. The van der Waals surface area contributed by atoms with Crippen LogP contribution in [0.5, 0.6) is 0 Å². The molecule has 2 heterocycles. The van der Waals surface area contributed by atoms with Crippen LogP contribution in [0.15, 0.2) is 0 Å². The van der Waals surface area contributed by atoms with Crippen molar-refractivity contribution in [1.29, 1.82) is 0 Å². The molecule has 6 nitrogen and oxygen atoms in total. The SMILES string of the molecule is COC(=O)N1CCC(NC(=O)C2CSCN2)CC1. The first-order valence-corrected chi connectivity index (χ1v) is 7.30. The summed E-state index contributed by atoms with van der Waals surface area (Å²) in [6.07, 6.45) is 1.30. The number of likely N-dealkylation sites (tertiary alicyclic amines) is 1. The Morgan fingerprint density at radius 2 is 2.11 bits per heavy atom. The van der Waals surface area contributed by atoms with Gasteiger partial charge in [0.25, 0.3) is 0 Å². The van der Waals surface area contributed by atoms with Crippen LogP contribution in [0.3, 0.4) is 0 Å². The van der Waals surface area contributed by atoms with Gasteiger partial charge in [0.15, 0.2) is 0 Å². The van der Waals surface area contributed by atoms with Crippen LogP contribution in [0, 0.1) is 0 Å². The second-order valence-corrected chi connectivity index (χ2v) is 5.54. The number of ether oxygens (including phenoxy) is 1. The zero-order chi connectivity index (χ0) is 13.0. The summed E-state index contributed by atoms with van der Waals surface area (Å²) < 4.78 is 4.67. The molecule has 7 heteroatoms.